The summed E-state index contributed by atoms with van der Waals surface area (Å²) in [6.07, 6.45) is 0. The van der Waals surface area contributed by atoms with E-state index >= 15 is 0 Å². The molecule has 0 aliphatic carbocycles. The van der Waals surface area contributed by atoms with Crippen molar-refractivity contribution in [3.63, 3.8) is 0 Å². The van der Waals surface area contributed by atoms with E-state index in [1.165, 1.54) is 0 Å². The van der Waals surface area contributed by atoms with Crippen molar-refractivity contribution in [2.45, 2.75) is 13.8 Å². The van der Waals surface area contributed by atoms with Gasteiger partial charge >= 0.3 is 0 Å². The van der Waals surface area contributed by atoms with Crippen LogP contribution in [0.2, 0.25) is 0 Å². The highest BCUT2D eigenvalue weighted by atomic mass is 79.9. The zero-order valence-corrected chi connectivity index (χ0v) is 9.36. The van der Waals surface area contributed by atoms with Crippen molar-refractivity contribution in [2.75, 3.05) is 5.32 Å². The molecule has 0 saturated heterocycles. The highest BCUT2D eigenvalue weighted by molar-refractivity contribution is 9.10. The van der Waals surface area contributed by atoms with Gasteiger partial charge in [-0.05, 0) is 40.9 Å². The predicted octanol–water partition coefficient (Wildman–Crippen LogP) is 2.20. The summed E-state index contributed by atoms with van der Waals surface area (Å²) < 4.78 is 0.710. The van der Waals surface area contributed by atoms with Crippen LogP contribution in [-0.4, -0.2) is 11.7 Å². The number of hydrogen-bond donors (Lipinski definition) is 1. The number of aryl methyl sites for hydroxylation is 2. The summed E-state index contributed by atoms with van der Waals surface area (Å²) in [6.45, 7) is 3.77. The average Bonchev–Trinajstić information content (AvgIpc) is 2.41. The van der Waals surface area contributed by atoms with E-state index in [0.717, 1.165) is 11.1 Å². The minimum atomic E-state index is -0.547. The Bertz CT molecular complexity index is 466. The molecule has 1 aliphatic heterocycles. The monoisotopic (exact) mass is 253 g/mol. The quantitative estimate of drug-likeness (QED) is 0.721. The Kier molecular flexibility index (Phi) is 1.96. The number of nitrogens with one attached hydrogen (secondary N) is 1. The van der Waals surface area contributed by atoms with Crippen LogP contribution in [0.5, 0.6) is 0 Å². The summed E-state index contributed by atoms with van der Waals surface area (Å²) in [5, 5.41) is 2.56. The molecule has 0 bridgehead atoms. The molecule has 1 amide bonds. The normalized spacial score (nSPS) is 14.2. The van der Waals surface area contributed by atoms with Gasteiger partial charge in [-0.25, -0.2) is 0 Å². The predicted molar refractivity (Wildman–Crippen MR) is 56.6 cm³/mol. The van der Waals surface area contributed by atoms with Crippen molar-refractivity contribution in [2.24, 2.45) is 0 Å². The summed E-state index contributed by atoms with van der Waals surface area (Å²) in [5.74, 6) is -1.01. The first kappa shape index (κ1) is 9.40. The maximum atomic E-state index is 11.5. The van der Waals surface area contributed by atoms with Crippen LogP contribution < -0.4 is 5.32 Å². The molecule has 2 rings (SSSR count). The highest BCUT2D eigenvalue weighted by Gasteiger charge is 2.32. The van der Waals surface area contributed by atoms with Gasteiger partial charge in [0.1, 0.15) is 0 Å². The number of benzene rings is 1. The number of ketones is 1. The molecule has 1 heterocycles. The average molecular weight is 254 g/mol. The molecule has 0 unspecified atom stereocenters. The van der Waals surface area contributed by atoms with Crippen molar-refractivity contribution >= 4 is 33.3 Å². The van der Waals surface area contributed by atoms with E-state index in [-0.39, 0.29) is 0 Å². The molecule has 3 nitrogen and oxygen atoms in total. The van der Waals surface area contributed by atoms with Gasteiger partial charge in [0.25, 0.3) is 11.7 Å². The maximum Gasteiger partial charge on any atom is 0.296 e. The molecule has 72 valence electrons. The molecule has 0 fully saturated rings. The minimum absolute atomic E-state index is 0.460. The lowest BCUT2D eigenvalue weighted by atomic mass is 10.0. The first-order valence-corrected chi connectivity index (χ1v) is 4.97. The fourth-order valence-electron chi connectivity index (χ4n) is 1.62. The third kappa shape index (κ3) is 1.10. The van der Waals surface area contributed by atoms with Gasteiger partial charge in [-0.2, -0.15) is 0 Å². The van der Waals surface area contributed by atoms with E-state index in [1.807, 2.05) is 19.9 Å². The Morgan fingerprint density at radius 1 is 1.21 bits per heavy atom. The summed E-state index contributed by atoms with van der Waals surface area (Å²) >= 11 is 3.32. The van der Waals surface area contributed by atoms with Gasteiger partial charge in [-0.1, -0.05) is 6.07 Å². The molecule has 0 saturated carbocycles. The molecule has 1 aromatic rings. The third-order valence-electron chi connectivity index (χ3n) is 2.31. The summed E-state index contributed by atoms with van der Waals surface area (Å²) in [5.41, 5.74) is 2.98. The lowest BCUT2D eigenvalue weighted by Crippen LogP contribution is -2.12. The van der Waals surface area contributed by atoms with Crippen molar-refractivity contribution < 1.29 is 9.59 Å². The van der Waals surface area contributed by atoms with Crippen LogP contribution in [0.15, 0.2) is 10.5 Å². The molecule has 0 atom stereocenters. The summed E-state index contributed by atoms with van der Waals surface area (Å²) in [6, 6.07) is 1.93. The van der Waals surface area contributed by atoms with Crippen LogP contribution in [0.3, 0.4) is 0 Å². The first-order chi connectivity index (χ1) is 6.52. The van der Waals surface area contributed by atoms with Gasteiger partial charge in [-0.3, -0.25) is 9.59 Å². The van der Waals surface area contributed by atoms with Crippen molar-refractivity contribution in [3.05, 3.63) is 27.2 Å². The van der Waals surface area contributed by atoms with Gasteiger partial charge < -0.3 is 5.32 Å². The minimum Gasteiger partial charge on any atom is -0.318 e. The zero-order valence-electron chi connectivity index (χ0n) is 7.77. The number of amides is 1. The lowest BCUT2D eigenvalue weighted by molar-refractivity contribution is -0.112. The van der Waals surface area contributed by atoms with Gasteiger partial charge in [0, 0.05) is 4.47 Å². The number of carbonyl (C=O) groups is 2. The highest BCUT2D eigenvalue weighted by Crippen LogP contribution is 2.35. The zero-order chi connectivity index (χ0) is 10.5. The topological polar surface area (TPSA) is 46.2 Å². The SMILES string of the molecule is Cc1cc(C)c2c(c1Br)C(=O)C(=O)N2. The van der Waals surface area contributed by atoms with Crippen LogP contribution in [0.4, 0.5) is 5.69 Å². The van der Waals surface area contributed by atoms with E-state index < -0.39 is 11.7 Å². The number of hydrogen-bond acceptors (Lipinski definition) is 2. The molecule has 0 radical (unpaired) electrons. The van der Waals surface area contributed by atoms with E-state index in [2.05, 4.69) is 21.2 Å². The second-order valence-electron chi connectivity index (χ2n) is 3.36. The van der Waals surface area contributed by atoms with Crippen LogP contribution in [0.1, 0.15) is 21.5 Å². The van der Waals surface area contributed by atoms with Crippen molar-refractivity contribution in [1.29, 1.82) is 0 Å². The Labute approximate surface area is 89.6 Å². The van der Waals surface area contributed by atoms with Gasteiger partial charge in [0.2, 0.25) is 0 Å². The number of fused-ring (bicyclic) bond motifs is 1. The molecule has 1 aliphatic rings. The number of anilines is 1. The molecule has 1 aromatic carbocycles. The van der Waals surface area contributed by atoms with Crippen LogP contribution in [0, 0.1) is 13.8 Å². The Morgan fingerprint density at radius 2 is 1.86 bits per heavy atom. The van der Waals surface area contributed by atoms with E-state index in [9.17, 15) is 9.59 Å². The molecule has 0 aromatic heterocycles. The molecule has 14 heavy (non-hydrogen) atoms. The third-order valence-corrected chi connectivity index (χ3v) is 3.34. The number of carbonyl (C=O) groups excluding carboxylic acids is 2. The summed E-state index contributed by atoms with van der Waals surface area (Å²) in [4.78, 5) is 22.6. The van der Waals surface area contributed by atoms with Gasteiger partial charge in [0.15, 0.2) is 0 Å². The first-order valence-electron chi connectivity index (χ1n) is 4.17. The van der Waals surface area contributed by atoms with E-state index in [1.54, 1.807) is 0 Å². The van der Waals surface area contributed by atoms with Gasteiger partial charge in [-0.15, -0.1) is 0 Å². The van der Waals surface area contributed by atoms with Crippen LogP contribution in [0.25, 0.3) is 0 Å². The van der Waals surface area contributed by atoms with Crippen LogP contribution >= 0.6 is 15.9 Å². The van der Waals surface area contributed by atoms with Crippen LogP contribution in [-0.2, 0) is 4.79 Å². The van der Waals surface area contributed by atoms with Crippen molar-refractivity contribution in [3.8, 4) is 0 Å². The van der Waals surface area contributed by atoms with Gasteiger partial charge in [0.05, 0.1) is 11.3 Å². The molecular weight excluding hydrogens is 246 g/mol. The van der Waals surface area contributed by atoms with Crippen molar-refractivity contribution in [1.82, 2.24) is 0 Å². The number of halogens is 1. The molecular formula is C10H8BrNO2. The second kappa shape index (κ2) is 2.92. The standard InChI is InChI=1S/C10H8BrNO2/c1-4-3-5(2)8-6(7(4)11)9(13)10(14)12-8/h3H,1-2H3,(H,12,13,14). The lowest BCUT2D eigenvalue weighted by Gasteiger charge is -2.06. The van der Waals surface area contributed by atoms with E-state index in [4.69, 9.17) is 0 Å². The second-order valence-corrected chi connectivity index (χ2v) is 4.15. The molecule has 4 heteroatoms. The fraction of sp³-hybridized carbons (Fsp3) is 0.200. The molecule has 0 spiro atoms. The number of rotatable bonds is 0. The smallest absolute Gasteiger partial charge is 0.296 e. The largest absolute Gasteiger partial charge is 0.318 e. The Balaban J connectivity index is 2.80. The molecule has 1 N–H and O–H groups in total. The number of Topliss-reactive ketones (excluding diaryl/α,β-unsaturated/α-hetero) is 1. The Hall–Kier alpha value is -1.16. The fourth-order valence-corrected chi connectivity index (χ4v) is 2.12. The van der Waals surface area contributed by atoms with E-state index in [0.29, 0.717) is 15.7 Å². The summed E-state index contributed by atoms with van der Waals surface area (Å²) in [7, 11) is 0. The maximum absolute atomic E-state index is 11.5. The Morgan fingerprint density at radius 3 is 2.50 bits per heavy atom.